The van der Waals surface area contributed by atoms with E-state index in [9.17, 15) is 20.0 Å². The molecule has 0 aliphatic rings. The van der Waals surface area contributed by atoms with Gasteiger partial charge < -0.3 is 10.4 Å². The normalized spacial score (nSPS) is 11.3. The van der Waals surface area contributed by atoms with E-state index < -0.39 is 10.5 Å². The van der Waals surface area contributed by atoms with E-state index >= 15 is 0 Å². The molecule has 0 fully saturated rings. The molecule has 1 rings (SSSR count). The first-order valence-electron chi connectivity index (χ1n) is 7.58. The highest BCUT2D eigenvalue weighted by molar-refractivity contribution is 5.92. The number of nitro benzene ring substituents is 1. The van der Waals surface area contributed by atoms with Crippen LogP contribution in [0.4, 0.5) is 11.4 Å². The summed E-state index contributed by atoms with van der Waals surface area (Å²) in [5, 5.41) is 24.0. The molecule has 6 heteroatoms. The van der Waals surface area contributed by atoms with Gasteiger partial charge in [0, 0.05) is 12.1 Å². The molecule has 22 heavy (non-hydrogen) atoms. The van der Waals surface area contributed by atoms with Crippen molar-refractivity contribution in [1.82, 2.24) is 0 Å². The number of nitrogens with one attached hydrogen (secondary N) is 1. The largest absolute Gasteiger partial charge is 0.389 e. The van der Waals surface area contributed by atoms with Gasteiger partial charge in [-0.1, -0.05) is 32.8 Å². The summed E-state index contributed by atoms with van der Waals surface area (Å²) in [6.45, 7) is 5.69. The lowest BCUT2D eigenvalue weighted by atomic mass is 9.89. The summed E-state index contributed by atoms with van der Waals surface area (Å²) in [4.78, 5) is 22.5. The summed E-state index contributed by atoms with van der Waals surface area (Å²) >= 11 is 0. The van der Waals surface area contributed by atoms with Gasteiger partial charge in [-0.25, -0.2) is 0 Å². The number of anilines is 1. The number of nitrogens with zero attached hydrogens (tertiary/aromatic N) is 1. The van der Waals surface area contributed by atoms with E-state index in [4.69, 9.17) is 0 Å². The third-order valence-corrected chi connectivity index (χ3v) is 3.63. The zero-order chi connectivity index (χ0) is 16.8. The second-order valence-corrected chi connectivity index (χ2v) is 5.71. The maximum Gasteiger partial charge on any atom is 0.271 e. The monoisotopic (exact) mass is 308 g/mol. The van der Waals surface area contributed by atoms with Gasteiger partial charge >= 0.3 is 0 Å². The number of carbonyl (C=O) groups is 1. The lowest BCUT2D eigenvalue weighted by molar-refractivity contribution is -0.384. The van der Waals surface area contributed by atoms with Crippen LogP contribution in [0.25, 0.3) is 0 Å². The summed E-state index contributed by atoms with van der Waals surface area (Å²) in [7, 11) is 0. The fourth-order valence-corrected chi connectivity index (χ4v) is 2.58. The van der Waals surface area contributed by atoms with Crippen molar-refractivity contribution in [2.75, 3.05) is 5.32 Å². The minimum Gasteiger partial charge on any atom is -0.389 e. The first kappa shape index (κ1) is 18.1. The molecule has 0 saturated heterocycles. The third kappa shape index (κ3) is 5.11. The molecule has 1 aromatic rings. The second-order valence-electron chi connectivity index (χ2n) is 5.71. The predicted octanol–water partition coefficient (Wildman–Crippen LogP) is 3.56. The van der Waals surface area contributed by atoms with Gasteiger partial charge in [0.25, 0.3) is 5.69 Å². The fourth-order valence-electron chi connectivity index (χ4n) is 2.58. The maximum absolute atomic E-state index is 12.2. The van der Waals surface area contributed by atoms with Crippen LogP contribution in [0.3, 0.4) is 0 Å². The van der Waals surface area contributed by atoms with E-state index in [2.05, 4.69) is 5.32 Å². The third-order valence-electron chi connectivity index (χ3n) is 3.63. The standard InChI is InChI=1S/C16H24N2O4/c1-4-8-16(20,9-5-2)11-15(19)17-14-10-13(18(21)22)7-6-12(14)3/h6-7,10,20H,4-5,8-9,11H2,1-3H3,(H,17,19). The summed E-state index contributed by atoms with van der Waals surface area (Å²) in [6, 6.07) is 4.33. The summed E-state index contributed by atoms with van der Waals surface area (Å²) in [5.74, 6) is -0.326. The molecule has 1 amide bonds. The van der Waals surface area contributed by atoms with Crippen LogP contribution in [0.2, 0.25) is 0 Å². The van der Waals surface area contributed by atoms with Crippen LogP contribution in [-0.4, -0.2) is 21.5 Å². The smallest absolute Gasteiger partial charge is 0.271 e. The number of benzene rings is 1. The Morgan fingerprint density at radius 3 is 2.41 bits per heavy atom. The quantitative estimate of drug-likeness (QED) is 0.567. The van der Waals surface area contributed by atoms with E-state index in [1.54, 1.807) is 13.0 Å². The number of hydrogen-bond acceptors (Lipinski definition) is 4. The molecular weight excluding hydrogens is 284 g/mol. The van der Waals surface area contributed by atoms with E-state index in [-0.39, 0.29) is 18.0 Å². The number of carbonyl (C=O) groups excluding carboxylic acids is 1. The highest BCUT2D eigenvalue weighted by Crippen LogP contribution is 2.26. The molecule has 0 heterocycles. The Morgan fingerprint density at radius 2 is 1.91 bits per heavy atom. The second kappa shape index (κ2) is 7.89. The molecule has 6 nitrogen and oxygen atoms in total. The van der Waals surface area contributed by atoms with Crippen LogP contribution in [0.1, 0.15) is 51.5 Å². The number of aryl methyl sites for hydroxylation is 1. The van der Waals surface area contributed by atoms with Crippen molar-refractivity contribution in [2.24, 2.45) is 0 Å². The molecule has 0 unspecified atom stereocenters. The van der Waals surface area contributed by atoms with Crippen molar-refractivity contribution in [3.05, 3.63) is 33.9 Å². The Kier molecular flexibility index (Phi) is 6.49. The highest BCUT2D eigenvalue weighted by atomic mass is 16.6. The number of amides is 1. The van der Waals surface area contributed by atoms with Gasteiger partial charge in [-0.2, -0.15) is 0 Å². The average Bonchev–Trinajstić information content (AvgIpc) is 2.41. The van der Waals surface area contributed by atoms with Crippen LogP contribution < -0.4 is 5.32 Å². The lowest BCUT2D eigenvalue weighted by Gasteiger charge is -2.27. The minimum absolute atomic E-state index is 0.00316. The van der Waals surface area contributed by atoms with Crippen LogP contribution in [-0.2, 0) is 4.79 Å². The maximum atomic E-state index is 12.2. The molecule has 0 radical (unpaired) electrons. The van der Waals surface area contributed by atoms with Crippen molar-refractivity contribution in [1.29, 1.82) is 0 Å². The average molecular weight is 308 g/mol. The minimum atomic E-state index is -1.01. The van der Waals surface area contributed by atoms with E-state index in [0.29, 0.717) is 18.5 Å². The molecule has 0 aliphatic carbocycles. The zero-order valence-electron chi connectivity index (χ0n) is 13.4. The van der Waals surface area contributed by atoms with Crippen LogP contribution in [0.5, 0.6) is 0 Å². The molecule has 2 N–H and O–H groups in total. The Hall–Kier alpha value is -1.95. The summed E-state index contributed by atoms with van der Waals surface area (Å²) in [5.41, 5.74) is 0.0728. The molecule has 0 bridgehead atoms. The van der Waals surface area contributed by atoms with E-state index in [1.165, 1.54) is 12.1 Å². The number of aliphatic hydroxyl groups is 1. The zero-order valence-corrected chi connectivity index (χ0v) is 13.4. The van der Waals surface area contributed by atoms with Crippen molar-refractivity contribution in [3.63, 3.8) is 0 Å². The van der Waals surface area contributed by atoms with E-state index in [0.717, 1.165) is 18.4 Å². The van der Waals surface area contributed by atoms with Crippen molar-refractivity contribution in [2.45, 2.75) is 58.5 Å². The van der Waals surface area contributed by atoms with Gasteiger partial charge in [0.05, 0.1) is 22.6 Å². The Morgan fingerprint density at radius 1 is 1.32 bits per heavy atom. The Balaban J connectivity index is 2.83. The highest BCUT2D eigenvalue weighted by Gasteiger charge is 2.28. The number of rotatable bonds is 8. The fraction of sp³-hybridized carbons (Fsp3) is 0.562. The van der Waals surface area contributed by atoms with Gasteiger partial charge in [-0.15, -0.1) is 0 Å². The predicted molar refractivity (Wildman–Crippen MR) is 85.8 cm³/mol. The molecule has 1 aromatic carbocycles. The van der Waals surface area contributed by atoms with Crippen LogP contribution in [0, 0.1) is 17.0 Å². The van der Waals surface area contributed by atoms with Gasteiger partial charge in [-0.3, -0.25) is 14.9 Å². The van der Waals surface area contributed by atoms with Gasteiger partial charge in [-0.05, 0) is 25.3 Å². The van der Waals surface area contributed by atoms with Crippen molar-refractivity contribution < 1.29 is 14.8 Å². The first-order valence-corrected chi connectivity index (χ1v) is 7.58. The van der Waals surface area contributed by atoms with E-state index in [1.807, 2.05) is 13.8 Å². The molecular formula is C16H24N2O4. The van der Waals surface area contributed by atoms with Crippen molar-refractivity contribution in [3.8, 4) is 0 Å². The Labute approximate surface area is 130 Å². The molecule has 0 atom stereocenters. The van der Waals surface area contributed by atoms with Crippen LogP contribution >= 0.6 is 0 Å². The number of nitro groups is 1. The molecule has 0 aromatic heterocycles. The Bertz CT molecular complexity index is 537. The lowest BCUT2D eigenvalue weighted by Crippen LogP contribution is -2.34. The summed E-state index contributed by atoms with van der Waals surface area (Å²) < 4.78 is 0. The first-order chi connectivity index (χ1) is 10.3. The molecule has 0 aliphatic heterocycles. The van der Waals surface area contributed by atoms with Gasteiger partial charge in [0.2, 0.25) is 5.91 Å². The van der Waals surface area contributed by atoms with Gasteiger partial charge in [0.1, 0.15) is 0 Å². The molecule has 0 spiro atoms. The number of hydrogen-bond donors (Lipinski definition) is 2. The SMILES string of the molecule is CCCC(O)(CCC)CC(=O)Nc1cc([N+](=O)[O-])ccc1C. The molecule has 0 saturated carbocycles. The topological polar surface area (TPSA) is 92.5 Å². The number of non-ortho nitro benzene ring substituents is 1. The van der Waals surface area contributed by atoms with Gasteiger partial charge in [0.15, 0.2) is 0 Å². The summed E-state index contributed by atoms with van der Waals surface area (Å²) in [6.07, 6.45) is 2.69. The van der Waals surface area contributed by atoms with Crippen molar-refractivity contribution >= 4 is 17.3 Å². The molecule has 122 valence electrons. The van der Waals surface area contributed by atoms with Crippen LogP contribution in [0.15, 0.2) is 18.2 Å².